The molecule has 0 aliphatic carbocycles. The van der Waals surface area contributed by atoms with E-state index < -0.39 is 15.9 Å². The number of hydrogen-bond acceptors (Lipinski definition) is 5. The van der Waals surface area contributed by atoms with E-state index in [0.29, 0.717) is 11.5 Å². The molecule has 2 aromatic carbocycles. The van der Waals surface area contributed by atoms with E-state index in [1.165, 1.54) is 38.4 Å². The van der Waals surface area contributed by atoms with Gasteiger partial charge >= 0.3 is 0 Å². The molecule has 0 aliphatic rings. The first-order valence-corrected chi connectivity index (χ1v) is 9.21. The number of ether oxygens (including phenoxy) is 1. The van der Waals surface area contributed by atoms with Crippen molar-refractivity contribution < 1.29 is 17.9 Å². The van der Waals surface area contributed by atoms with Crippen molar-refractivity contribution in [2.75, 3.05) is 21.2 Å². The molecule has 0 atom stereocenters. The third-order valence-corrected chi connectivity index (χ3v) is 5.50. The standard InChI is InChI=1S/C18H21N3O4S/c1-13(14-7-5-9-16(11-14)25-4)19-20-18(22)15-8-6-10-17(12-15)26(23,24)21(2)3/h5-12H,1-4H3,(H,20,22)/b19-13-. The summed E-state index contributed by atoms with van der Waals surface area (Å²) in [6.07, 6.45) is 0. The largest absolute Gasteiger partial charge is 0.497 e. The molecule has 0 unspecified atom stereocenters. The lowest BCUT2D eigenvalue weighted by molar-refractivity contribution is 0.0954. The molecule has 26 heavy (non-hydrogen) atoms. The van der Waals surface area contributed by atoms with Gasteiger partial charge in [0.15, 0.2) is 0 Å². The van der Waals surface area contributed by atoms with E-state index in [-0.39, 0.29) is 10.5 Å². The summed E-state index contributed by atoms with van der Waals surface area (Å²) < 4.78 is 30.6. The second-order valence-electron chi connectivity index (χ2n) is 5.69. The molecule has 2 aromatic rings. The number of methoxy groups -OCH3 is 1. The van der Waals surface area contributed by atoms with Gasteiger partial charge in [0.25, 0.3) is 5.91 Å². The Morgan fingerprint density at radius 3 is 2.38 bits per heavy atom. The van der Waals surface area contributed by atoms with Gasteiger partial charge in [-0.05, 0) is 37.3 Å². The molecule has 1 amide bonds. The van der Waals surface area contributed by atoms with Crippen LogP contribution >= 0.6 is 0 Å². The SMILES string of the molecule is COc1cccc(/C(C)=N\NC(=O)c2cccc(S(=O)(=O)N(C)C)c2)c1. The highest BCUT2D eigenvalue weighted by Gasteiger charge is 2.18. The average Bonchev–Trinajstić information content (AvgIpc) is 2.65. The predicted molar refractivity (Wildman–Crippen MR) is 100.0 cm³/mol. The van der Waals surface area contributed by atoms with Crippen LogP contribution in [0.1, 0.15) is 22.8 Å². The number of amides is 1. The Labute approximate surface area is 153 Å². The van der Waals surface area contributed by atoms with Crippen molar-refractivity contribution in [2.45, 2.75) is 11.8 Å². The fourth-order valence-corrected chi connectivity index (χ4v) is 3.07. The minimum absolute atomic E-state index is 0.0450. The maximum Gasteiger partial charge on any atom is 0.271 e. The topological polar surface area (TPSA) is 88.1 Å². The molecule has 0 spiro atoms. The summed E-state index contributed by atoms with van der Waals surface area (Å²) in [6, 6.07) is 13.1. The van der Waals surface area contributed by atoms with Crippen LogP contribution in [0.2, 0.25) is 0 Å². The van der Waals surface area contributed by atoms with Gasteiger partial charge in [0.2, 0.25) is 10.0 Å². The van der Waals surface area contributed by atoms with Crippen LogP contribution in [0.5, 0.6) is 5.75 Å². The molecule has 0 fully saturated rings. The molecular weight excluding hydrogens is 354 g/mol. The molecular formula is C18H21N3O4S. The summed E-state index contributed by atoms with van der Waals surface area (Å²) in [5.74, 6) is 0.188. The normalized spacial score (nSPS) is 12.1. The minimum atomic E-state index is -3.61. The molecule has 8 heteroatoms. The lowest BCUT2D eigenvalue weighted by Crippen LogP contribution is -2.23. The Bertz CT molecular complexity index is 937. The third kappa shape index (κ3) is 4.47. The lowest BCUT2D eigenvalue weighted by atomic mass is 10.1. The zero-order chi connectivity index (χ0) is 19.3. The average molecular weight is 375 g/mol. The van der Waals surface area contributed by atoms with Gasteiger partial charge in [-0.3, -0.25) is 4.79 Å². The number of hydrogen-bond donors (Lipinski definition) is 1. The number of carbonyl (C=O) groups is 1. The van der Waals surface area contributed by atoms with E-state index in [9.17, 15) is 13.2 Å². The Kier molecular flexibility index (Phi) is 6.12. The van der Waals surface area contributed by atoms with Crippen LogP contribution in [0, 0.1) is 0 Å². The first kappa shape index (κ1) is 19.6. The summed E-state index contributed by atoms with van der Waals surface area (Å²) >= 11 is 0. The van der Waals surface area contributed by atoms with Crippen LogP contribution in [0.4, 0.5) is 0 Å². The van der Waals surface area contributed by atoms with Gasteiger partial charge < -0.3 is 4.74 Å². The van der Waals surface area contributed by atoms with Gasteiger partial charge in [0.1, 0.15) is 5.75 Å². The Morgan fingerprint density at radius 2 is 1.73 bits per heavy atom. The highest BCUT2D eigenvalue weighted by molar-refractivity contribution is 7.89. The number of sulfonamides is 1. The van der Waals surface area contributed by atoms with E-state index in [1.54, 1.807) is 20.1 Å². The quantitative estimate of drug-likeness (QED) is 0.619. The van der Waals surface area contributed by atoms with Crippen molar-refractivity contribution >= 4 is 21.6 Å². The van der Waals surface area contributed by atoms with Crippen molar-refractivity contribution in [1.29, 1.82) is 0 Å². The van der Waals surface area contributed by atoms with Gasteiger partial charge in [0, 0.05) is 25.2 Å². The molecule has 0 saturated heterocycles. The maximum atomic E-state index is 12.3. The van der Waals surface area contributed by atoms with Crippen LogP contribution in [-0.2, 0) is 10.0 Å². The van der Waals surface area contributed by atoms with E-state index in [1.807, 2.05) is 18.2 Å². The Balaban J connectivity index is 2.20. The number of nitrogens with one attached hydrogen (secondary N) is 1. The zero-order valence-corrected chi connectivity index (χ0v) is 15.9. The molecule has 138 valence electrons. The third-order valence-electron chi connectivity index (χ3n) is 3.69. The molecule has 0 radical (unpaired) electrons. The van der Waals surface area contributed by atoms with E-state index in [0.717, 1.165) is 9.87 Å². The van der Waals surface area contributed by atoms with Gasteiger partial charge in [-0.2, -0.15) is 5.10 Å². The molecule has 7 nitrogen and oxygen atoms in total. The number of benzene rings is 2. The highest BCUT2D eigenvalue weighted by atomic mass is 32.2. The van der Waals surface area contributed by atoms with Crippen LogP contribution < -0.4 is 10.2 Å². The van der Waals surface area contributed by atoms with Crippen molar-refractivity contribution in [2.24, 2.45) is 5.10 Å². The van der Waals surface area contributed by atoms with Gasteiger partial charge in [0.05, 0.1) is 17.7 Å². The molecule has 2 rings (SSSR count). The second kappa shape index (κ2) is 8.11. The van der Waals surface area contributed by atoms with Crippen molar-refractivity contribution in [3.63, 3.8) is 0 Å². The molecule has 0 bridgehead atoms. The minimum Gasteiger partial charge on any atom is -0.497 e. The molecule has 1 N–H and O–H groups in total. The zero-order valence-electron chi connectivity index (χ0n) is 15.1. The molecule has 0 heterocycles. The number of rotatable bonds is 6. The second-order valence-corrected chi connectivity index (χ2v) is 7.84. The fourth-order valence-electron chi connectivity index (χ4n) is 2.12. The molecule has 0 aliphatic heterocycles. The van der Waals surface area contributed by atoms with Gasteiger partial charge in [-0.15, -0.1) is 0 Å². The van der Waals surface area contributed by atoms with E-state index in [4.69, 9.17) is 4.74 Å². The summed E-state index contributed by atoms with van der Waals surface area (Å²) in [4.78, 5) is 12.3. The van der Waals surface area contributed by atoms with Crippen molar-refractivity contribution in [3.8, 4) is 5.75 Å². The number of hydrazone groups is 1. The van der Waals surface area contributed by atoms with E-state index >= 15 is 0 Å². The monoisotopic (exact) mass is 375 g/mol. The lowest BCUT2D eigenvalue weighted by Gasteiger charge is -2.12. The predicted octanol–water partition coefficient (Wildman–Crippen LogP) is 2.10. The summed E-state index contributed by atoms with van der Waals surface area (Å²) in [7, 11) is 0.829. The van der Waals surface area contributed by atoms with Crippen molar-refractivity contribution in [3.05, 3.63) is 59.7 Å². The van der Waals surface area contributed by atoms with E-state index in [2.05, 4.69) is 10.5 Å². The first-order chi connectivity index (χ1) is 12.3. The fraction of sp³-hybridized carbons (Fsp3) is 0.222. The summed E-state index contributed by atoms with van der Waals surface area (Å²) in [6.45, 7) is 1.75. The number of carbonyl (C=O) groups excluding carboxylic acids is 1. The first-order valence-electron chi connectivity index (χ1n) is 7.77. The van der Waals surface area contributed by atoms with Crippen LogP contribution in [0.25, 0.3) is 0 Å². The summed E-state index contributed by atoms with van der Waals surface area (Å²) in [5, 5.41) is 4.07. The molecule has 0 aromatic heterocycles. The Morgan fingerprint density at radius 1 is 1.08 bits per heavy atom. The van der Waals surface area contributed by atoms with Crippen LogP contribution in [0.3, 0.4) is 0 Å². The highest BCUT2D eigenvalue weighted by Crippen LogP contribution is 2.15. The Hall–Kier alpha value is -2.71. The number of nitrogens with zero attached hydrogens (tertiary/aromatic N) is 2. The smallest absolute Gasteiger partial charge is 0.271 e. The maximum absolute atomic E-state index is 12.3. The van der Waals surface area contributed by atoms with Crippen LogP contribution in [-0.4, -0.2) is 45.5 Å². The van der Waals surface area contributed by atoms with Crippen molar-refractivity contribution in [1.82, 2.24) is 9.73 Å². The van der Waals surface area contributed by atoms with Gasteiger partial charge in [-0.25, -0.2) is 18.1 Å². The van der Waals surface area contributed by atoms with Crippen LogP contribution in [0.15, 0.2) is 58.5 Å². The molecule has 0 saturated carbocycles. The van der Waals surface area contributed by atoms with Gasteiger partial charge in [-0.1, -0.05) is 18.2 Å². The summed E-state index contributed by atoms with van der Waals surface area (Å²) in [5.41, 5.74) is 4.04.